The zero-order chi connectivity index (χ0) is 14.5. The van der Waals surface area contributed by atoms with E-state index in [4.69, 9.17) is 14.2 Å². The van der Waals surface area contributed by atoms with Crippen molar-refractivity contribution < 1.29 is 28.5 Å². The summed E-state index contributed by atoms with van der Waals surface area (Å²) in [5, 5.41) is 0. The highest BCUT2D eigenvalue weighted by atomic mass is 16.6. The summed E-state index contributed by atoms with van der Waals surface area (Å²) >= 11 is 0. The average molecular weight is 284 g/mol. The van der Waals surface area contributed by atoms with Crippen LogP contribution in [0.1, 0.15) is 26.2 Å². The van der Waals surface area contributed by atoms with Crippen LogP contribution in [0.5, 0.6) is 0 Å². The number of hydrogen-bond donors (Lipinski definition) is 0. The van der Waals surface area contributed by atoms with Crippen LogP contribution in [0.4, 0.5) is 0 Å². The molecule has 2 aliphatic heterocycles. The number of carbonyl (C=O) groups is 2. The molecule has 2 heterocycles. The van der Waals surface area contributed by atoms with E-state index in [1.165, 1.54) is 20.1 Å². The number of esters is 2. The third kappa shape index (κ3) is 3.80. The van der Waals surface area contributed by atoms with Gasteiger partial charge in [-0.3, -0.25) is 4.79 Å². The first-order valence-corrected chi connectivity index (χ1v) is 6.80. The lowest BCUT2D eigenvalue weighted by molar-refractivity contribution is -0.202. The third-order valence-electron chi connectivity index (χ3n) is 3.48. The Balaban J connectivity index is 2.05. The van der Waals surface area contributed by atoms with Gasteiger partial charge >= 0.3 is 11.9 Å². The summed E-state index contributed by atoms with van der Waals surface area (Å²) in [5.41, 5.74) is 0. The highest BCUT2D eigenvalue weighted by Crippen LogP contribution is 2.31. The van der Waals surface area contributed by atoms with Crippen LogP contribution in [0.2, 0.25) is 0 Å². The molecule has 0 spiro atoms. The molecule has 0 bridgehead atoms. The Morgan fingerprint density at radius 3 is 2.80 bits per heavy atom. The van der Waals surface area contributed by atoms with Gasteiger partial charge in [0, 0.05) is 26.0 Å². The van der Waals surface area contributed by atoms with E-state index < -0.39 is 18.2 Å². The Kier molecular flexibility index (Phi) is 5.14. The van der Waals surface area contributed by atoms with Crippen LogP contribution >= 0.6 is 0 Å². The first kappa shape index (κ1) is 15.0. The lowest BCUT2D eigenvalue weighted by Gasteiger charge is -2.42. The Morgan fingerprint density at radius 1 is 1.30 bits per heavy atom. The normalized spacial score (nSPS) is 33.5. The molecule has 0 unspecified atom stereocenters. The number of rotatable bonds is 3. The smallest absolute Gasteiger partial charge is 0.330 e. The molecule has 6 nitrogen and oxygen atoms in total. The maximum absolute atomic E-state index is 11.2. The van der Waals surface area contributed by atoms with Crippen molar-refractivity contribution in [1.29, 1.82) is 0 Å². The predicted molar refractivity (Wildman–Crippen MR) is 69.0 cm³/mol. The van der Waals surface area contributed by atoms with E-state index in [2.05, 4.69) is 4.74 Å². The summed E-state index contributed by atoms with van der Waals surface area (Å²) in [6.45, 7) is 2.06. The zero-order valence-corrected chi connectivity index (χ0v) is 11.7. The van der Waals surface area contributed by atoms with Crippen molar-refractivity contribution in [2.75, 3.05) is 13.7 Å². The van der Waals surface area contributed by atoms with Gasteiger partial charge in [0.2, 0.25) is 0 Å². The molecule has 0 aromatic carbocycles. The standard InChI is InChI=1S/C14H20O6/c1-9(15)19-13-8-12-10(4-3-7-18-12)20-11(13)5-6-14(16)17-2/h5-6,10-13H,3-4,7-8H2,1-2H3/b6-5+/t10-,11+,12+,13+/m1/s1. The van der Waals surface area contributed by atoms with Gasteiger partial charge in [-0.25, -0.2) is 4.79 Å². The summed E-state index contributed by atoms with van der Waals surface area (Å²) in [5.74, 6) is -0.832. The van der Waals surface area contributed by atoms with Gasteiger partial charge in [0.05, 0.1) is 19.3 Å². The van der Waals surface area contributed by atoms with Crippen molar-refractivity contribution in [3.8, 4) is 0 Å². The van der Waals surface area contributed by atoms with Gasteiger partial charge in [-0.15, -0.1) is 0 Å². The highest BCUT2D eigenvalue weighted by Gasteiger charge is 2.40. The topological polar surface area (TPSA) is 71.1 Å². The molecule has 112 valence electrons. The minimum absolute atomic E-state index is 0.0112. The van der Waals surface area contributed by atoms with Crippen LogP contribution in [0.25, 0.3) is 0 Å². The fourth-order valence-corrected chi connectivity index (χ4v) is 2.58. The van der Waals surface area contributed by atoms with Crippen LogP contribution in [-0.2, 0) is 28.5 Å². The molecule has 4 atom stereocenters. The van der Waals surface area contributed by atoms with Gasteiger partial charge in [-0.2, -0.15) is 0 Å². The van der Waals surface area contributed by atoms with Crippen LogP contribution in [0.15, 0.2) is 12.2 Å². The van der Waals surface area contributed by atoms with Crippen molar-refractivity contribution >= 4 is 11.9 Å². The average Bonchev–Trinajstić information content (AvgIpc) is 2.44. The third-order valence-corrected chi connectivity index (χ3v) is 3.48. The summed E-state index contributed by atoms with van der Waals surface area (Å²) in [6.07, 6.45) is 4.40. The minimum Gasteiger partial charge on any atom is -0.466 e. The molecule has 0 N–H and O–H groups in total. The van der Waals surface area contributed by atoms with E-state index in [9.17, 15) is 9.59 Å². The summed E-state index contributed by atoms with van der Waals surface area (Å²) in [6, 6.07) is 0. The van der Waals surface area contributed by atoms with Gasteiger partial charge < -0.3 is 18.9 Å². The zero-order valence-electron chi connectivity index (χ0n) is 11.7. The van der Waals surface area contributed by atoms with E-state index in [0.29, 0.717) is 13.0 Å². The number of carbonyl (C=O) groups excluding carboxylic acids is 2. The van der Waals surface area contributed by atoms with Gasteiger partial charge in [-0.05, 0) is 18.9 Å². The van der Waals surface area contributed by atoms with Gasteiger partial charge in [0.1, 0.15) is 12.2 Å². The van der Waals surface area contributed by atoms with Crippen molar-refractivity contribution in [3.63, 3.8) is 0 Å². The molecule has 6 heteroatoms. The molecule has 2 fully saturated rings. The van der Waals surface area contributed by atoms with Gasteiger partial charge in [-0.1, -0.05) is 0 Å². The van der Waals surface area contributed by atoms with Gasteiger partial charge in [0.25, 0.3) is 0 Å². The number of methoxy groups -OCH3 is 1. The van der Waals surface area contributed by atoms with Crippen LogP contribution < -0.4 is 0 Å². The number of ether oxygens (including phenoxy) is 4. The second-order valence-electron chi connectivity index (χ2n) is 4.96. The molecule has 2 saturated heterocycles. The fourth-order valence-electron chi connectivity index (χ4n) is 2.58. The van der Waals surface area contributed by atoms with E-state index >= 15 is 0 Å². The predicted octanol–water partition coefficient (Wildman–Crippen LogP) is 0.984. The van der Waals surface area contributed by atoms with E-state index in [1.807, 2.05) is 0 Å². The van der Waals surface area contributed by atoms with Crippen LogP contribution in [0, 0.1) is 0 Å². The van der Waals surface area contributed by atoms with E-state index in [0.717, 1.165) is 12.8 Å². The number of hydrogen-bond acceptors (Lipinski definition) is 6. The molecule has 2 aliphatic rings. The monoisotopic (exact) mass is 284 g/mol. The molecule has 0 amide bonds. The fraction of sp³-hybridized carbons (Fsp3) is 0.714. The molecule has 0 saturated carbocycles. The molecule has 0 aromatic rings. The first-order chi connectivity index (χ1) is 9.60. The Labute approximate surface area is 118 Å². The molecule has 0 radical (unpaired) electrons. The van der Waals surface area contributed by atoms with E-state index in [1.54, 1.807) is 6.08 Å². The maximum atomic E-state index is 11.2. The van der Waals surface area contributed by atoms with Crippen molar-refractivity contribution in [2.24, 2.45) is 0 Å². The minimum atomic E-state index is -0.461. The Bertz CT molecular complexity index is 391. The Morgan fingerprint density at radius 2 is 2.10 bits per heavy atom. The molecule has 2 rings (SSSR count). The molecule has 20 heavy (non-hydrogen) atoms. The van der Waals surface area contributed by atoms with Crippen molar-refractivity contribution in [1.82, 2.24) is 0 Å². The lowest BCUT2D eigenvalue weighted by atomic mass is 9.93. The molecule has 0 aromatic heterocycles. The van der Waals surface area contributed by atoms with Crippen LogP contribution in [-0.4, -0.2) is 50.1 Å². The van der Waals surface area contributed by atoms with Gasteiger partial charge in [0.15, 0.2) is 0 Å². The Hall–Kier alpha value is -1.40. The molecular weight excluding hydrogens is 264 g/mol. The summed E-state index contributed by atoms with van der Waals surface area (Å²) in [7, 11) is 1.31. The van der Waals surface area contributed by atoms with Crippen molar-refractivity contribution in [2.45, 2.75) is 50.6 Å². The maximum Gasteiger partial charge on any atom is 0.330 e. The quantitative estimate of drug-likeness (QED) is 0.568. The number of fused-ring (bicyclic) bond motifs is 1. The largest absolute Gasteiger partial charge is 0.466 e. The van der Waals surface area contributed by atoms with Crippen molar-refractivity contribution in [3.05, 3.63) is 12.2 Å². The van der Waals surface area contributed by atoms with E-state index in [-0.39, 0.29) is 18.2 Å². The molecule has 0 aliphatic carbocycles. The molecular formula is C14H20O6. The highest BCUT2D eigenvalue weighted by molar-refractivity contribution is 5.81. The SMILES string of the molecule is COC(=O)/C=C/[C@@H]1O[C@@H]2CCCO[C@H]2C[C@@H]1OC(C)=O. The lowest BCUT2D eigenvalue weighted by Crippen LogP contribution is -2.50. The first-order valence-electron chi connectivity index (χ1n) is 6.80. The summed E-state index contributed by atoms with van der Waals surface area (Å²) in [4.78, 5) is 22.3. The summed E-state index contributed by atoms with van der Waals surface area (Å²) < 4.78 is 21.4. The second kappa shape index (κ2) is 6.85. The second-order valence-corrected chi connectivity index (χ2v) is 4.96. The van der Waals surface area contributed by atoms with Crippen LogP contribution in [0.3, 0.4) is 0 Å².